The molecule has 0 unspecified atom stereocenters. The lowest BCUT2D eigenvalue weighted by molar-refractivity contribution is 0.377. The van der Waals surface area contributed by atoms with Crippen molar-refractivity contribution in [3.8, 4) is 28.6 Å². The zero-order valence-electron chi connectivity index (χ0n) is 12.2. The van der Waals surface area contributed by atoms with E-state index in [4.69, 9.17) is 14.2 Å². The number of anilines is 1. The molecule has 0 radical (unpaired) electrons. The van der Waals surface area contributed by atoms with Gasteiger partial charge in [0.15, 0.2) is 5.82 Å². The highest BCUT2D eigenvalue weighted by Gasteiger charge is 2.18. The van der Waals surface area contributed by atoms with Crippen LogP contribution in [-0.4, -0.2) is 38.3 Å². The molecule has 0 spiro atoms. The number of hydrogen-bond donors (Lipinski definition) is 1. The minimum absolute atomic E-state index is 0.524. The number of nitrogens with one attached hydrogen (secondary N) is 1. The van der Waals surface area contributed by atoms with E-state index >= 15 is 0 Å². The Bertz CT molecular complexity index is 624. The zero-order valence-corrected chi connectivity index (χ0v) is 14.4. The van der Waals surface area contributed by atoms with Crippen molar-refractivity contribution in [1.29, 1.82) is 0 Å². The summed E-state index contributed by atoms with van der Waals surface area (Å²) < 4.78 is 17.0. The van der Waals surface area contributed by atoms with E-state index in [-0.39, 0.29) is 0 Å². The highest BCUT2D eigenvalue weighted by molar-refractivity contribution is 14.1. The van der Waals surface area contributed by atoms with Crippen molar-refractivity contribution < 1.29 is 14.2 Å². The molecule has 1 heterocycles. The monoisotopic (exact) mass is 401 g/mol. The van der Waals surface area contributed by atoms with Crippen molar-refractivity contribution in [3.63, 3.8) is 0 Å². The summed E-state index contributed by atoms with van der Waals surface area (Å²) in [6.07, 6.45) is 1.75. The van der Waals surface area contributed by atoms with Gasteiger partial charge in [-0.2, -0.15) is 0 Å². The van der Waals surface area contributed by atoms with Crippen LogP contribution in [-0.2, 0) is 0 Å². The second-order valence-corrected chi connectivity index (χ2v) is 5.21. The van der Waals surface area contributed by atoms with Crippen LogP contribution >= 0.6 is 22.6 Å². The predicted molar refractivity (Wildman–Crippen MR) is 89.4 cm³/mol. The lowest BCUT2D eigenvalue weighted by atomic mass is 10.1. The van der Waals surface area contributed by atoms with Crippen LogP contribution in [0.25, 0.3) is 11.4 Å². The van der Waals surface area contributed by atoms with Crippen LogP contribution in [0.5, 0.6) is 17.2 Å². The molecule has 0 saturated heterocycles. The fourth-order valence-electron chi connectivity index (χ4n) is 1.89. The van der Waals surface area contributed by atoms with Gasteiger partial charge in [-0.1, -0.05) is 0 Å². The van der Waals surface area contributed by atoms with E-state index in [1.807, 2.05) is 7.05 Å². The third-order valence-electron chi connectivity index (χ3n) is 2.92. The summed E-state index contributed by atoms with van der Waals surface area (Å²) in [6.45, 7) is 0. The molecule has 0 fully saturated rings. The normalized spacial score (nSPS) is 10.1. The number of ether oxygens (including phenoxy) is 3. The number of rotatable bonds is 5. The van der Waals surface area contributed by atoms with Gasteiger partial charge in [0.05, 0.1) is 24.9 Å². The Morgan fingerprint density at radius 2 is 1.67 bits per heavy atom. The molecule has 2 aromatic rings. The van der Waals surface area contributed by atoms with E-state index in [1.54, 1.807) is 39.7 Å². The first-order valence-electron chi connectivity index (χ1n) is 6.15. The molecule has 7 heteroatoms. The maximum Gasteiger partial charge on any atom is 0.169 e. The minimum Gasteiger partial charge on any atom is -0.496 e. The molecule has 0 atom stereocenters. The van der Waals surface area contributed by atoms with Crippen LogP contribution in [0.2, 0.25) is 0 Å². The van der Waals surface area contributed by atoms with Gasteiger partial charge in [0, 0.05) is 25.4 Å². The average molecular weight is 401 g/mol. The summed E-state index contributed by atoms with van der Waals surface area (Å²) in [5, 5.41) is 3.04. The molecule has 1 aromatic heterocycles. The van der Waals surface area contributed by atoms with Crippen LogP contribution in [0.3, 0.4) is 0 Å². The maximum absolute atomic E-state index is 5.43. The van der Waals surface area contributed by atoms with Crippen molar-refractivity contribution in [2.75, 3.05) is 33.7 Å². The van der Waals surface area contributed by atoms with Gasteiger partial charge in [0.2, 0.25) is 0 Å². The molecule has 6 nitrogen and oxygen atoms in total. The molecule has 21 heavy (non-hydrogen) atoms. The molecule has 0 aliphatic rings. The molecule has 0 amide bonds. The lowest BCUT2D eigenvalue weighted by Crippen LogP contribution is -2.02. The van der Waals surface area contributed by atoms with Crippen molar-refractivity contribution in [2.45, 2.75) is 0 Å². The molecular weight excluding hydrogens is 385 g/mol. The molecule has 0 saturated carbocycles. The first-order chi connectivity index (χ1) is 10.1. The van der Waals surface area contributed by atoms with Gasteiger partial charge in [-0.25, -0.2) is 9.97 Å². The Morgan fingerprint density at radius 3 is 2.14 bits per heavy atom. The average Bonchev–Trinajstić information content (AvgIpc) is 2.54. The number of nitrogens with zero attached hydrogens (tertiary/aromatic N) is 2. The van der Waals surface area contributed by atoms with Crippen LogP contribution < -0.4 is 19.5 Å². The third-order valence-corrected chi connectivity index (χ3v) is 3.71. The zero-order chi connectivity index (χ0) is 15.4. The van der Waals surface area contributed by atoms with Crippen LogP contribution in [0, 0.1) is 3.57 Å². The van der Waals surface area contributed by atoms with E-state index < -0.39 is 0 Å². The standard InChI is InChI=1S/C14H16IN3O3/c1-16-13-9(15)7-17-14(18-13)12-10(20-3)5-8(19-2)6-11(12)21-4/h5-7H,1-4H3,(H,16,17,18). The summed E-state index contributed by atoms with van der Waals surface area (Å²) in [4.78, 5) is 8.87. The fourth-order valence-corrected chi connectivity index (χ4v) is 2.42. The van der Waals surface area contributed by atoms with Gasteiger partial charge < -0.3 is 19.5 Å². The van der Waals surface area contributed by atoms with Crippen LogP contribution in [0.1, 0.15) is 0 Å². The number of aromatic nitrogens is 2. The first-order valence-corrected chi connectivity index (χ1v) is 7.23. The quantitative estimate of drug-likeness (QED) is 0.778. The van der Waals surface area contributed by atoms with E-state index in [2.05, 4.69) is 37.9 Å². The first kappa shape index (κ1) is 15.6. The van der Waals surface area contributed by atoms with Gasteiger partial charge >= 0.3 is 0 Å². The molecule has 0 aliphatic heterocycles. The summed E-state index contributed by atoms with van der Waals surface area (Å²) in [5.41, 5.74) is 0.689. The van der Waals surface area contributed by atoms with Gasteiger partial charge in [0.1, 0.15) is 28.6 Å². The predicted octanol–water partition coefficient (Wildman–Crippen LogP) is 2.82. The molecule has 0 bridgehead atoms. The number of methoxy groups -OCH3 is 3. The fraction of sp³-hybridized carbons (Fsp3) is 0.286. The third kappa shape index (κ3) is 3.12. The van der Waals surface area contributed by atoms with Gasteiger partial charge in [-0.3, -0.25) is 0 Å². The number of benzene rings is 1. The molecule has 2 rings (SSSR count). The Balaban J connectivity index is 2.66. The van der Waals surface area contributed by atoms with E-state index in [0.717, 1.165) is 9.39 Å². The number of hydrogen-bond acceptors (Lipinski definition) is 6. The Kier molecular flexibility index (Phi) is 5.05. The minimum atomic E-state index is 0.524. The number of halogens is 1. The molecule has 0 aliphatic carbocycles. The van der Waals surface area contributed by atoms with Crippen LogP contribution in [0.15, 0.2) is 18.3 Å². The summed E-state index contributed by atoms with van der Waals surface area (Å²) >= 11 is 2.17. The highest BCUT2D eigenvalue weighted by atomic mass is 127. The summed E-state index contributed by atoms with van der Waals surface area (Å²) in [5.74, 6) is 3.10. The molecule has 1 aromatic carbocycles. The van der Waals surface area contributed by atoms with Gasteiger partial charge in [-0.15, -0.1) is 0 Å². The second kappa shape index (κ2) is 6.79. The SMILES string of the molecule is CNc1nc(-c2c(OC)cc(OC)cc2OC)ncc1I. The summed E-state index contributed by atoms with van der Waals surface area (Å²) in [7, 11) is 6.58. The molecule has 112 valence electrons. The van der Waals surface area contributed by atoms with Gasteiger partial charge in [-0.05, 0) is 22.6 Å². The van der Waals surface area contributed by atoms with Crippen molar-refractivity contribution >= 4 is 28.4 Å². The maximum atomic E-state index is 5.43. The topological polar surface area (TPSA) is 65.5 Å². The smallest absolute Gasteiger partial charge is 0.169 e. The van der Waals surface area contributed by atoms with Crippen LogP contribution in [0.4, 0.5) is 5.82 Å². The second-order valence-electron chi connectivity index (χ2n) is 4.05. The van der Waals surface area contributed by atoms with Crippen molar-refractivity contribution in [2.24, 2.45) is 0 Å². The van der Waals surface area contributed by atoms with Crippen molar-refractivity contribution in [3.05, 3.63) is 21.9 Å². The molecule has 1 N–H and O–H groups in total. The van der Waals surface area contributed by atoms with E-state index in [9.17, 15) is 0 Å². The lowest BCUT2D eigenvalue weighted by Gasteiger charge is -2.14. The Hall–Kier alpha value is -1.77. The van der Waals surface area contributed by atoms with Crippen molar-refractivity contribution in [1.82, 2.24) is 9.97 Å². The van der Waals surface area contributed by atoms with E-state index in [0.29, 0.717) is 28.6 Å². The Morgan fingerprint density at radius 1 is 1.05 bits per heavy atom. The largest absolute Gasteiger partial charge is 0.496 e. The summed E-state index contributed by atoms with van der Waals surface area (Å²) in [6, 6.07) is 3.55. The van der Waals surface area contributed by atoms with Gasteiger partial charge in [0.25, 0.3) is 0 Å². The van der Waals surface area contributed by atoms with E-state index in [1.165, 1.54) is 0 Å². The molecular formula is C14H16IN3O3. The highest BCUT2D eigenvalue weighted by Crippen LogP contribution is 2.40. The Labute approximate surface area is 137 Å².